The van der Waals surface area contributed by atoms with Crippen molar-refractivity contribution in [3.05, 3.63) is 71.3 Å². The predicted octanol–water partition coefficient (Wildman–Crippen LogP) is 3.92. The van der Waals surface area contributed by atoms with E-state index in [1.165, 1.54) is 5.56 Å². The lowest BCUT2D eigenvalue weighted by Gasteiger charge is -2.05. The van der Waals surface area contributed by atoms with E-state index in [2.05, 4.69) is 0 Å². The molecule has 0 N–H and O–H groups in total. The van der Waals surface area contributed by atoms with Gasteiger partial charge in [0.1, 0.15) is 12.4 Å². The molecule has 0 amide bonds. The largest absolute Gasteiger partial charge is 0.491 e. The van der Waals surface area contributed by atoms with E-state index in [-0.39, 0.29) is 5.78 Å². The molecule has 2 rings (SSSR count). The van der Waals surface area contributed by atoms with E-state index in [1.807, 2.05) is 37.3 Å². The number of ketones is 1. The van der Waals surface area contributed by atoms with Gasteiger partial charge in [0, 0.05) is 12.7 Å². The molecule has 0 unspecified atom stereocenters. The highest BCUT2D eigenvalue weighted by molar-refractivity contribution is 6.06. The maximum atomic E-state index is 12.1. The molecule has 3 nitrogen and oxygen atoms in total. The molecular weight excluding hydrogens is 276 g/mol. The molecule has 0 spiro atoms. The summed E-state index contributed by atoms with van der Waals surface area (Å²) in [5.74, 6) is 0.708. The quantitative estimate of drug-likeness (QED) is 0.441. The monoisotopic (exact) mass is 296 g/mol. The summed E-state index contributed by atoms with van der Waals surface area (Å²) in [4.78, 5) is 12.1. The number of carbonyl (C=O) groups excluding carboxylic acids is 1. The molecule has 0 aliphatic heterocycles. The van der Waals surface area contributed by atoms with Crippen LogP contribution in [-0.2, 0) is 4.74 Å². The SMILES string of the molecule is COCCOc1ccc(C(=O)C=Cc2ccc(C)cc2)cc1. The second kappa shape index (κ2) is 8.15. The lowest BCUT2D eigenvalue weighted by Crippen LogP contribution is -2.04. The average molecular weight is 296 g/mol. The maximum Gasteiger partial charge on any atom is 0.185 e. The summed E-state index contributed by atoms with van der Waals surface area (Å²) in [6, 6.07) is 15.2. The standard InChI is InChI=1S/C19H20O3/c1-15-3-5-16(6-4-15)7-12-19(20)17-8-10-18(11-9-17)22-14-13-21-2/h3-12H,13-14H2,1-2H3. The third-order valence-corrected chi connectivity index (χ3v) is 3.20. The minimum atomic E-state index is -0.0241. The van der Waals surface area contributed by atoms with Crippen molar-refractivity contribution in [3.8, 4) is 5.75 Å². The second-order valence-corrected chi connectivity index (χ2v) is 4.97. The molecular formula is C19H20O3. The molecule has 0 bridgehead atoms. The van der Waals surface area contributed by atoms with Crippen LogP contribution in [0.3, 0.4) is 0 Å². The molecule has 3 heteroatoms. The van der Waals surface area contributed by atoms with E-state index in [0.29, 0.717) is 18.8 Å². The number of hydrogen-bond acceptors (Lipinski definition) is 3. The zero-order valence-electron chi connectivity index (χ0n) is 12.9. The molecule has 22 heavy (non-hydrogen) atoms. The van der Waals surface area contributed by atoms with Crippen LogP contribution in [0.5, 0.6) is 5.75 Å². The molecule has 2 aromatic carbocycles. The van der Waals surface area contributed by atoms with Crippen LogP contribution in [0.4, 0.5) is 0 Å². The summed E-state index contributed by atoms with van der Waals surface area (Å²) >= 11 is 0. The maximum absolute atomic E-state index is 12.1. The third kappa shape index (κ3) is 4.86. The third-order valence-electron chi connectivity index (χ3n) is 3.20. The first kappa shape index (κ1) is 16.0. The number of aryl methyl sites for hydroxylation is 1. The Bertz CT molecular complexity index is 625. The summed E-state index contributed by atoms with van der Waals surface area (Å²) in [5.41, 5.74) is 2.86. The van der Waals surface area contributed by atoms with E-state index in [4.69, 9.17) is 9.47 Å². The van der Waals surface area contributed by atoms with E-state index in [1.54, 1.807) is 37.5 Å². The highest BCUT2D eigenvalue weighted by Crippen LogP contribution is 2.13. The summed E-state index contributed by atoms with van der Waals surface area (Å²) < 4.78 is 10.4. The Morgan fingerprint density at radius 2 is 1.68 bits per heavy atom. The lowest BCUT2D eigenvalue weighted by atomic mass is 10.1. The lowest BCUT2D eigenvalue weighted by molar-refractivity contribution is 0.104. The van der Waals surface area contributed by atoms with Crippen molar-refractivity contribution in [2.75, 3.05) is 20.3 Å². The number of methoxy groups -OCH3 is 1. The van der Waals surface area contributed by atoms with Crippen LogP contribution >= 0.6 is 0 Å². The molecule has 0 radical (unpaired) electrons. The van der Waals surface area contributed by atoms with Gasteiger partial charge in [-0.05, 0) is 42.8 Å². The zero-order chi connectivity index (χ0) is 15.8. The van der Waals surface area contributed by atoms with Crippen molar-refractivity contribution in [2.45, 2.75) is 6.92 Å². The number of benzene rings is 2. The van der Waals surface area contributed by atoms with Crippen molar-refractivity contribution >= 4 is 11.9 Å². The highest BCUT2D eigenvalue weighted by atomic mass is 16.5. The number of ether oxygens (including phenoxy) is 2. The highest BCUT2D eigenvalue weighted by Gasteiger charge is 2.02. The van der Waals surface area contributed by atoms with E-state index in [0.717, 1.165) is 11.3 Å². The average Bonchev–Trinajstić information content (AvgIpc) is 2.55. The Morgan fingerprint density at radius 1 is 1.00 bits per heavy atom. The van der Waals surface area contributed by atoms with Crippen LogP contribution < -0.4 is 4.74 Å². The molecule has 0 heterocycles. The van der Waals surface area contributed by atoms with E-state index < -0.39 is 0 Å². The van der Waals surface area contributed by atoms with Crippen LogP contribution in [0.2, 0.25) is 0 Å². The minimum Gasteiger partial charge on any atom is -0.491 e. The Balaban J connectivity index is 1.96. The van der Waals surface area contributed by atoms with Gasteiger partial charge in [0.05, 0.1) is 6.61 Å². The van der Waals surface area contributed by atoms with Gasteiger partial charge in [-0.3, -0.25) is 4.79 Å². The fraction of sp³-hybridized carbons (Fsp3) is 0.211. The number of hydrogen-bond donors (Lipinski definition) is 0. The molecule has 0 aromatic heterocycles. The summed E-state index contributed by atoms with van der Waals surface area (Å²) in [6.07, 6.45) is 3.41. The number of allylic oxidation sites excluding steroid dienone is 1. The Morgan fingerprint density at radius 3 is 2.32 bits per heavy atom. The van der Waals surface area contributed by atoms with Crippen molar-refractivity contribution in [1.82, 2.24) is 0 Å². The van der Waals surface area contributed by atoms with E-state index in [9.17, 15) is 4.79 Å². The van der Waals surface area contributed by atoms with Gasteiger partial charge in [-0.15, -0.1) is 0 Å². The van der Waals surface area contributed by atoms with Crippen molar-refractivity contribution in [3.63, 3.8) is 0 Å². The van der Waals surface area contributed by atoms with Gasteiger partial charge in [-0.1, -0.05) is 35.9 Å². The zero-order valence-corrected chi connectivity index (χ0v) is 12.9. The molecule has 114 valence electrons. The predicted molar refractivity (Wildman–Crippen MR) is 88.4 cm³/mol. The van der Waals surface area contributed by atoms with Gasteiger partial charge in [0.15, 0.2) is 5.78 Å². The van der Waals surface area contributed by atoms with Crippen molar-refractivity contribution < 1.29 is 14.3 Å². The number of rotatable bonds is 7. The van der Waals surface area contributed by atoms with Gasteiger partial charge >= 0.3 is 0 Å². The van der Waals surface area contributed by atoms with Crippen molar-refractivity contribution in [1.29, 1.82) is 0 Å². The van der Waals surface area contributed by atoms with Crippen LogP contribution in [0.1, 0.15) is 21.5 Å². The molecule has 2 aromatic rings. The van der Waals surface area contributed by atoms with Gasteiger partial charge in [0.25, 0.3) is 0 Å². The first-order valence-corrected chi connectivity index (χ1v) is 7.20. The van der Waals surface area contributed by atoms with Gasteiger partial charge in [-0.2, -0.15) is 0 Å². The molecule has 0 saturated carbocycles. The van der Waals surface area contributed by atoms with Gasteiger partial charge in [-0.25, -0.2) is 0 Å². The smallest absolute Gasteiger partial charge is 0.185 e. The summed E-state index contributed by atoms with van der Waals surface area (Å²) in [7, 11) is 1.63. The molecule has 0 fully saturated rings. The summed E-state index contributed by atoms with van der Waals surface area (Å²) in [5, 5.41) is 0. The van der Waals surface area contributed by atoms with Gasteiger partial charge in [0.2, 0.25) is 0 Å². The van der Waals surface area contributed by atoms with E-state index >= 15 is 0 Å². The molecule has 0 saturated heterocycles. The number of carbonyl (C=O) groups is 1. The van der Waals surface area contributed by atoms with Crippen LogP contribution in [0, 0.1) is 6.92 Å². The van der Waals surface area contributed by atoms with Crippen LogP contribution in [0.25, 0.3) is 6.08 Å². The minimum absolute atomic E-state index is 0.0241. The fourth-order valence-electron chi connectivity index (χ4n) is 1.90. The van der Waals surface area contributed by atoms with Crippen LogP contribution in [0.15, 0.2) is 54.6 Å². The first-order valence-electron chi connectivity index (χ1n) is 7.20. The topological polar surface area (TPSA) is 35.5 Å². The Hall–Kier alpha value is -2.39. The van der Waals surface area contributed by atoms with Gasteiger partial charge < -0.3 is 9.47 Å². The Kier molecular flexibility index (Phi) is 5.92. The molecule has 0 atom stereocenters. The molecule has 0 aliphatic rings. The Labute approximate surface area is 131 Å². The van der Waals surface area contributed by atoms with Crippen LogP contribution in [-0.4, -0.2) is 26.1 Å². The first-order chi connectivity index (χ1) is 10.7. The second-order valence-electron chi connectivity index (χ2n) is 4.97. The van der Waals surface area contributed by atoms with Crippen molar-refractivity contribution in [2.24, 2.45) is 0 Å². The summed E-state index contributed by atoms with van der Waals surface area (Å²) in [6.45, 7) is 3.08. The fourth-order valence-corrected chi connectivity index (χ4v) is 1.90. The molecule has 0 aliphatic carbocycles. The normalized spacial score (nSPS) is 10.8.